The summed E-state index contributed by atoms with van der Waals surface area (Å²) in [7, 11) is 0. The molecule has 2 aromatic carbocycles. The molecule has 1 aliphatic heterocycles. The van der Waals surface area contributed by atoms with E-state index in [-0.39, 0.29) is 17.0 Å². The van der Waals surface area contributed by atoms with E-state index in [1.165, 1.54) is 23.9 Å². The van der Waals surface area contributed by atoms with Crippen LogP contribution in [0.3, 0.4) is 0 Å². The summed E-state index contributed by atoms with van der Waals surface area (Å²) in [5, 5.41) is 14.6. The number of carbonyl (C=O) groups excluding carboxylic acids is 1. The Bertz CT molecular complexity index is 1380. The molecule has 9 heteroatoms. The van der Waals surface area contributed by atoms with Gasteiger partial charge in [-0.3, -0.25) is 19.7 Å². The van der Waals surface area contributed by atoms with Crippen molar-refractivity contribution in [3.05, 3.63) is 103 Å². The molecule has 2 aliphatic rings. The van der Waals surface area contributed by atoms with E-state index in [4.69, 9.17) is 0 Å². The third kappa shape index (κ3) is 4.14. The highest BCUT2D eigenvalue weighted by molar-refractivity contribution is 7.98. The molecule has 0 fully saturated rings. The predicted octanol–water partition coefficient (Wildman–Crippen LogP) is 4.84. The van der Waals surface area contributed by atoms with E-state index in [2.05, 4.69) is 15.3 Å². The minimum Gasteiger partial charge on any atom is -0.343 e. The number of nitrogens with one attached hydrogen (secondary N) is 2. The lowest BCUT2D eigenvalue weighted by molar-refractivity contribution is -0.384. The number of nitro groups is 1. The van der Waals surface area contributed by atoms with Gasteiger partial charge in [0.15, 0.2) is 10.9 Å². The summed E-state index contributed by atoms with van der Waals surface area (Å²) in [6.07, 6.45) is 1.99. The maximum atomic E-state index is 13.3. The summed E-state index contributed by atoms with van der Waals surface area (Å²) >= 11 is 1.34. The molecule has 1 atom stereocenters. The van der Waals surface area contributed by atoms with Gasteiger partial charge in [-0.05, 0) is 30.9 Å². The maximum Gasteiger partial charge on any atom is 0.269 e. The molecule has 34 heavy (non-hydrogen) atoms. The minimum atomic E-state index is -0.454. The molecule has 1 aromatic heterocycles. The van der Waals surface area contributed by atoms with Gasteiger partial charge in [0.05, 0.1) is 10.5 Å². The van der Waals surface area contributed by atoms with E-state index in [1.807, 2.05) is 31.2 Å². The van der Waals surface area contributed by atoms with Crippen molar-refractivity contribution in [3.8, 4) is 0 Å². The molecule has 5 rings (SSSR count). The normalized spacial score (nSPS) is 17.1. The Hall–Kier alpha value is -3.72. The van der Waals surface area contributed by atoms with Crippen molar-refractivity contribution in [2.24, 2.45) is 0 Å². The van der Waals surface area contributed by atoms with Gasteiger partial charge in [-0.25, -0.2) is 4.98 Å². The molecule has 1 unspecified atom stereocenters. The third-order valence-electron chi connectivity index (χ3n) is 6.17. The Morgan fingerprint density at radius 3 is 2.53 bits per heavy atom. The van der Waals surface area contributed by atoms with E-state index in [0.717, 1.165) is 35.2 Å². The van der Waals surface area contributed by atoms with E-state index in [1.54, 1.807) is 12.1 Å². The van der Waals surface area contributed by atoms with Crippen LogP contribution in [0.2, 0.25) is 0 Å². The Balaban J connectivity index is 1.50. The predicted molar refractivity (Wildman–Crippen MR) is 130 cm³/mol. The number of carbonyl (C=O) groups is 1. The number of benzene rings is 2. The number of aromatic nitrogens is 2. The number of aromatic amines is 1. The van der Waals surface area contributed by atoms with Crippen molar-refractivity contribution in [1.29, 1.82) is 0 Å². The van der Waals surface area contributed by atoms with E-state index < -0.39 is 10.8 Å². The fourth-order valence-electron chi connectivity index (χ4n) is 4.47. The zero-order chi connectivity index (χ0) is 23.8. The summed E-state index contributed by atoms with van der Waals surface area (Å²) in [6.45, 7) is 2.00. The quantitative estimate of drug-likeness (QED) is 0.235. The molecule has 0 amide bonds. The number of hydrogen-bond acceptors (Lipinski definition) is 7. The number of nitrogens with zero attached hydrogens (tertiary/aromatic N) is 2. The second kappa shape index (κ2) is 8.90. The van der Waals surface area contributed by atoms with Gasteiger partial charge in [0, 0.05) is 41.5 Å². The Kier molecular flexibility index (Phi) is 5.79. The summed E-state index contributed by atoms with van der Waals surface area (Å²) in [4.78, 5) is 44.2. The number of allylic oxidation sites excluding steroid dienone is 2. The van der Waals surface area contributed by atoms with Crippen molar-refractivity contribution < 1.29 is 9.72 Å². The van der Waals surface area contributed by atoms with Gasteiger partial charge >= 0.3 is 0 Å². The number of fused-ring (bicyclic) bond motifs is 1. The molecule has 3 aromatic rings. The number of anilines is 1. The average Bonchev–Trinajstić information content (AvgIpc) is 2.82. The SMILES string of the molecule is Cc1ccc(C2C3=C(CCCC3=O)Nc3nc(SCc4ccc([N+](=O)[O-])cc4)[nH]c(=O)c32)cc1. The number of Topliss-reactive ketones (excluding diaryl/α,β-unsaturated/α-hetero) is 1. The first-order valence-corrected chi connectivity index (χ1v) is 12.0. The molecule has 0 saturated heterocycles. The van der Waals surface area contributed by atoms with Gasteiger partial charge in [0.2, 0.25) is 0 Å². The lowest BCUT2D eigenvalue weighted by Crippen LogP contribution is -2.32. The number of H-pyrrole nitrogens is 1. The van der Waals surface area contributed by atoms with Crippen LogP contribution < -0.4 is 10.9 Å². The van der Waals surface area contributed by atoms with Crippen molar-refractivity contribution in [1.82, 2.24) is 9.97 Å². The highest BCUT2D eigenvalue weighted by atomic mass is 32.2. The highest BCUT2D eigenvalue weighted by Gasteiger charge is 2.37. The third-order valence-corrected chi connectivity index (χ3v) is 7.11. The monoisotopic (exact) mass is 474 g/mol. The van der Waals surface area contributed by atoms with Crippen LogP contribution in [0.1, 0.15) is 47.4 Å². The number of ketones is 1. The van der Waals surface area contributed by atoms with E-state index in [9.17, 15) is 19.7 Å². The van der Waals surface area contributed by atoms with Crippen molar-refractivity contribution >= 4 is 29.1 Å². The lowest BCUT2D eigenvalue weighted by atomic mass is 9.76. The van der Waals surface area contributed by atoms with Gasteiger partial charge in [-0.2, -0.15) is 0 Å². The number of rotatable bonds is 5. The Morgan fingerprint density at radius 2 is 1.82 bits per heavy atom. The molecule has 8 nitrogen and oxygen atoms in total. The van der Waals surface area contributed by atoms with Crippen LogP contribution in [0, 0.1) is 17.0 Å². The topological polar surface area (TPSA) is 118 Å². The maximum absolute atomic E-state index is 13.3. The van der Waals surface area contributed by atoms with Crippen LogP contribution in [0.5, 0.6) is 0 Å². The van der Waals surface area contributed by atoms with Gasteiger partial charge < -0.3 is 10.3 Å². The summed E-state index contributed by atoms with van der Waals surface area (Å²) < 4.78 is 0. The van der Waals surface area contributed by atoms with Crippen molar-refractivity contribution in [2.45, 2.75) is 43.0 Å². The van der Waals surface area contributed by atoms with E-state index in [0.29, 0.717) is 34.3 Å². The molecule has 0 bridgehead atoms. The van der Waals surface area contributed by atoms with Crippen molar-refractivity contribution in [3.63, 3.8) is 0 Å². The van der Waals surface area contributed by atoms with Gasteiger partial charge in [-0.15, -0.1) is 0 Å². The first-order chi connectivity index (χ1) is 16.4. The Labute approximate surface area is 199 Å². The fourth-order valence-corrected chi connectivity index (χ4v) is 5.28. The van der Waals surface area contributed by atoms with Crippen LogP contribution in [0.25, 0.3) is 0 Å². The zero-order valence-corrected chi connectivity index (χ0v) is 19.3. The Morgan fingerprint density at radius 1 is 1.09 bits per heavy atom. The molecule has 1 aliphatic carbocycles. The van der Waals surface area contributed by atoms with Crippen LogP contribution >= 0.6 is 11.8 Å². The molecule has 0 spiro atoms. The molecule has 0 radical (unpaired) electrons. The van der Waals surface area contributed by atoms with E-state index >= 15 is 0 Å². The van der Waals surface area contributed by atoms with Crippen LogP contribution in [-0.4, -0.2) is 20.7 Å². The number of thioether (sulfide) groups is 1. The molecular weight excluding hydrogens is 452 g/mol. The molecule has 2 heterocycles. The molecule has 172 valence electrons. The second-order valence-electron chi connectivity index (χ2n) is 8.48. The standard InChI is InChI=1S/C25H22N4O4S/c1-14-5-9-16(10-6-14)20-21-18(3-2-4-19(21)30)26-23-22(20)24(31)28-25(27-23)34-13-15-7-11-17(12-8-15)29(32)33/h5-12,20H,2-4,13H2,1H3,(H2,26,27,28,31). The number of nitro benzene ring substituents is 1. The lowest BCUT2D eigenvalue weighted by Gasteiger charge is -2.32. The first kappa shape index (κ1) is 22.1. The zero-order valence-electron chi connectivity index (χ0n) is 18.5. The number of aryl methyl sites for hydroxylation is 1. The molecule has 2 N–H and O–H groups in total. The number of hydrogen-bond donors (Lipinski definition) is 2. The van der Waals surface area contributed by atoms with Gasteiger partial charge in [-0.1, -0.05) is 53.7 Å². The smallest absolute Gasteiger partial charge is 0.269 e. The number of non-ortho nitro benzene ring substituents is 1. The first-order valence-electron chi connectivity index (χ1n) is 11.0. The van der Waals surface area contributed by atoms with Crippen LogP contribution in [0.4, 0.5) is 11.5 Å². The van der Waals surface area contributed by atoms with Crippen LogP contribution in [-0.2, 0) is 10.5 Å². The fraction of sp³-hybridized carbons (Fsp3) is 0.240. The average molecular weight is 475 g/mol. The molecular formula is C25H22N4O4S. The van der Waals surface area contributed by atoms with Crippen LogP contribution in [0.15, 0.2) is 69.8 Å². The van der Waals surface area contributed by atoms with Crippen molar-refractivity contribution in [2.75, 3.05) is 5.32 Å². The minimum absolute atomic E-state index is 0.0338. The summed E-state index contributed by atoms with van der Waals surface area (Å²) in [6, 6.07) is 14.2. The summed E-state index contributed by atoms with van der Waals surface area (Å²) in [5.41, 5.74) is 4.61. The molecule has 0 saturated carbocycles. The second-order valence-corrected chi connectivity index (χ2v) is 9.45. The summed E-state index contributed by atoms with van der Waals surface area (Å²) in [5.74, 6) is 0.590. The highest BCUT2D eigenvalue weighted by Crippen LogP contribution is 2.43. The van der Waals surface area contributed by atoms with Gasteiger partial charge in [0.1, 0.15) is 5.82 Å². The van der Waals surface area contributed by atoms with Gasteiger partial charge in [0.25, 0.3) is 11.2 Å². The largest absolute Gasteiger partial charge is 0.343 e.